The lowest BCUT2D eigenvalue weighted by molar-refractivity contribution is -0.116. The SMILES string of the molecule is Cc1ccsc1C1C(C#N)=C(N)N(NC(=O)c2cccnc2Cl)C2=C1C(=O)CCC2. The second kappa shape index (κ2) is 7.94. The van der Waals surface area contributed by atoms with Gasteiger partial charge in [-0.15, -0.1) is 11.3 Å². The highest BCUT2D eigenvalue weighted by Gasteiger charge is 2.41. The molecule has 2 aliphatic rings. The Kier molecular flexibility index (Phi) is 5.33. The van der Waals surface area contributed by atoms with E-state index in [1.165, 1.54) is 22.5 Å². The number of nitrogens with one attached hydrogen (secondary N) is 1. The molecule has 0 saturated carbocycles. The molecule has 1 aliphatic heterocycles. The number of hydrogen-bond donors (Lipinski definition) is 2. The summed E-state index contributed by atoms with van der Waals surface area (Å²) >= 11 is 7.54. The topological polar surface area (TPSA) is 112 Å². The molecule has 2 aromatic rings. The summed E-state index contributed by atoms with van der Waals surface area (Å²) in [6, 6.07) is 7.27. The van der Waals surface area contributed by atoms with Crippen molar-refractivity contribution in [3.8, 4) is 6.07 Å². The molecule has 1 unspecified atom stereocenters. The number of carbonyl (C=O) groups excluding carboxylic acids is 2. The summed E-state index contributed by atoms with van der Waals surface area (Å²) in [6.07, 6.45) is 3.08. The number of rotatable bonds is 3. The number of aryl methyl sites for hydroxylation is 1. The number of carbonyl (C=O) groups is 2. The van der Waals surface area contributed by atoms with E-state index in [1.54, 1.807) is 12.1 Å². The van der Waals surface area contributed by atoms with Gasteiger partial charge in [-0.3, -0.25) is 15.0 Å². The first-order valence-corrected chi connectivity index (χ1v) is 10.6. The average molecular weight is 440 g/mol. The van der Waals surface area contributed by atoms with Crippen molar-refractivity contribution in [3.05, 3.63) is 73.6 Å². The number of halogens is 1. The molecule has 3 N–H and O–H groups in total. The van der Waals surface area contributed by atoms with Crippen LogP contribution in [-0.2, 0) is 4.79 Å². The highest BCUT2D eigenvalue weighted by Crippen LogP contribution is 2.46. The van der Waals surface area contributed by atoms with Crippen LogP contribution in [0, 0.1) is 18.3 Å². The molecule has 9 heteroatoms. The Bertz CT molecular complexity index is 1160. The standard InChI is InChI=1S/C21H18ClN5O2S/c1-11-7-9-30-18(11)16-13(10-23)20(24)27(14-5-2-6-15(28)17(14)16)26-21(29)12-4-3-8-25-19(12)22/h3-4,7-9,16H,2,5-6,24H2,1H3,(H,26,29). The van der Waals surface area contributed by atoms with Gasteiger partial charge in [0.2, 0.25) is 0 Å². The van der Waals surface area contributed by atoms with E-state index in [4.69, 9.17) is 17.3 Å². The van der Waals surface area contributed by atoms with Gasteiger partial charge in [-0.1, -0.05) is 11.6 Å². The van der Waals surface area contributed by atoms with Crippen molar-refractivity contribution in [3.63, 3.8) is 0 Å². The normalized spacial score (nSPS) is 18.9. The molecule has 0 fully saturated rings. The third-order valence-electron chi connectivity index (χ3n) is 5.29. The lowest BCUT2D eigenvalue weighted by atomic mass is 9.78. The van der Waals surface area contributed by atoms with Crippen molar-refractivity contribution < 1.29 is 9.59 Å². The molecule has 0 saturated heterocycles. The monoisotopic (exact) mass is 439 g/mol. The first-order chi connectivity index (χ1) is 14.4. The summed E-state index contributed by atoms with van der Waals surface area (Å²) in [6.45, 7) is 1.95. The minimum Gasteiger partial charge on any atom is -0.383 e. The van der Waals surface area contributed by atoms with E-state index in [0.717, 1.165) is 10.4 Å². The van der Waals surface area contributed by atoms with Gasteiger partial charge < -0.3 is 5.73 Å². The summed E-state index contributed by atoms with van der Waals surface area (Å²) in [7, 11) is 0. The van der Waals surface area contributed by atoms with Crippen LogP contribution >= 0.6 is 22.9 Å². The Balaban J connectivity index is 1.83. The van der Waals surface area contributed by atoms with E-state index in [9.17, 15) is 14.9 Å². The second-order valence-corrected chi connectivity index (χ2v) is 8.37. The zero-order chi connectivity index (χ0) is 21.4. The lowest BCUT2D eigenvalue weighted by Gasteiger charge is -2.39. The maximum atomic E-state index is 13.0. The number of pyridine rings is 1. The predicted molar refractivity (Wildman–Crippen MR) is 113 cm³/mol. The molecule has 1 amide bonds. The van der Waals surface area contributed by atoms with Crippen molar-refractivity contribution in [2.45, 2.75) is 32.1 Å². The van der Waals surface area contributed by atoms with E-state index >= 15 is 0 Å². The fourth-order valence-electron chi connectivity index (χ4n) is 3.87. The minimum absolute atomic E-state index is 0.0343. The van der Waals surface area contributed by atoms with Crippen molar-refractivity contribution in [1.82, 2.24) is 15.4 Å². The number of nitriles is 1. The fraction of sp³-hybridized carbons (Fsp3) is 0.238. The van der Waals surface area contributed by atoms with Gasteiger partial charge in [-0.05, 0) is 48.9 Å². The molecule has 1 atom stereocenters. The number of Topliss-reactive ketones (excluding diaryl/α,β-unsaturated/α-hetero) is 1. The Morgan fingerprint density at radius 1 is 1.43 bits per heavy atom. The molecule has 0 spiro atoms. The largest absolute Gasteiger partial charge is 0.383 e. The first-order valence-electron chi connectivity index (χ1n) is 9.35. The van der Waals surface area contributed by atoms with Gasteiger partial charge in [0.1, 0.15) is 11.0 Å². The Morgan fingerprint density at radius 2 is 2.23 bits per heavy atom. The summed E-state index contributed by atoms with van der Waals surface area (Å²) < 4.78 is 0. The first kappa shape index (κ1) is 20.1. The Hall–Kier alpha value is -3.15. The average Bonchev–Trinajstić information content (AvgIpc) is 3.15. The summed E-state index contributed by atoms with van der Waals surface area (Å²) in [5.41, 5.74) is 11.6. The van der Waals surface area contributed by atoms with E-state index in [1.807, 2.05) is 18.4 Å². The van der Waals surface area contributed by atoms with Crippen molar-refractivity contribution in [2.75, 3.05) is 0 Å². The molecule has 0 bridgehead atoms. The van der Waals surface area contributed by atoms with Crippen molar-refractivity contribution in [1.29, 1.82) is 5.26 Å². The van der Waals surface area contributed by atoms with Gasteiger partial charge in [0.25, 0.3) is 5.91 Å². The van der Waals surface area contributed by atoms with Gasteiger partial charge in [0.15, 0.2) is 5.78 Å². The van der Waals surface area contributed by atoms with Gasteiger partial charge in [0.05, 0.1) is 28.8 Å². The molecule has 1 aliphatic carbocycles. The van der Waals surface area contributed by atoms with Crippen LogP contribution in [0.2, 0.25) is 5.15 Å². The number of ketones is 1. The van der Waals surface area contributed by atoms with Crippen LogP contribution in [0.4, 0.5) is 0 Å². The van der Waals surface area contributed by atoms with E-state index in [0.29, 0.717) is 30.5 Å². The third-order valence-corrected chi connectivity index (χ3v) is 6.68. The smallest absolute Gasteiger partial charge is 0.273 e. The number of hydrogen-bond acceptors (Lipinski definition) is 7. The molecule has 152 valence electrons. The fourth-order valence-corrected chi connectivity index (χ4v) is 5.12. The molecule has 2 aromatic heterocycles. The number of nitrogens with zero attached hydrogens (tertiary/aromatic N) is 3. The zero-order valence-corrected chi connectivity index (χ0v) is 17.7. The van der Waals surface area contributed by atoms with Gasteiger partial charge in [0, 0.05) is 23.1 Å². The number of aromatic nitrogens is 1. The Labute approximate surface area is 182 Å². The van der Waals surface area contributed by atoms with E-state index in [2.05, 4.69) is 16.5 Å². The van der Waals surface area contributed by atoms with Gasteiger partial charge >= 0.3 is 0 Å². The molecular weight excluding hydrogens is 422 g/mol. The third kappa shape index (κ3) is 3.26. The van der Waals surface area contributed by atoms with Crippen molar-refractivity contribution in [2.24, 2.45) is 5.73 Å². The van der Waals surface area contributed by atoms with Gasteiger partial charge in [-0.2, -0.15) is 5.26 Å². The molecule has 7 nitrogen and oxygen atoms in total. The summed E-state index contributed by atoms with van der Waals surface area (Å²) in [5, 5.41) is 13.3. The minimum atomic E-state index is -0.524. The summed E-state index contributed by atoms with van der Waals surface area (Å²) in [4.78, 5) is 30.7. The maximum Gasteiger partial charge on any atom is 0.273 e. The molecular formula is C21H18ClN5O2S. The van der Waals surface area contributed by atoms with Crippen LogP contribution in [-0.4, -0.2) is 21.7 Å². The highest BCUT2D eigenvalue weighted by atomic mass is 35.5. The zero-order valence-electron chi connectivity index (χ0n) is 16.1. The van der Waals surface area contributed by atoms with Crippen LogP contribution in [0.15, 0.2) is 52.4 Å². The number of amides is 1. The molecule has 0 radical (unpaired) electrons. The van der Waals surface area contributed by atoms with Crippen molar-refractivity contribution >= 4 is 34.6 Å². The Morgan fingerprint density at radius 3 is 2.90 bits per heavy atom. The number of hydrazine groups is 1. The molecule has 30 heavy (non-hydrogen) atoms. The van der Waals surface area contributed by atoms with Crippen LogP contribution in [0.25, 0.3) is 0 Å². The summed E-state index contributed by atoms with van der Waals surface area (Å²) in [5.74, 6) is -0.970. The van der Waals surface area contributed by atoms with E-state index in [-0.39, 0.29) is 27.9 Å². The van der Waals surface area contributed by atoms with Crippen LogP contribution in [0.5, 0.6) is 0 Å². The lowest BCUT2D eigenvalue weighted by Crippen LogP contribution is -2.48. The molecule has 4 rings (SSSR count). The number of thiophene rings is 1. The predicted octanol–water partition coefficient (Wildman–Crippen LogP) is 3.55. The maximum absolute atomic E-state index is 13.0. The number of allylic oxidation sites excluding steroid dienone is 3. The van der Waals surface area contributed by atoms with Crippen LogP contribution < -0.4 is 11.2 Å². The molecule has 0 aromatic carbocycles. The quantitative estimate of drug-likeness (QED) is 0.707. The van der Waals surface area contributed by atoms with Gasteiger partial charge in [-0.25, -0.2) is 9.99 Å². The molecule has 3 heterocycles. The van der Waals surface area contributed by atoms with Crippen LogP contribution in [0.3, 0.4) is 0 Å². The number of nitrogens with two attached hydrogens (primary N) is 1. The second-order valence-electron chi connectivity index (χ2n) is 7.07. The van der Waals surface area contributed by atoms with E-state index < -0.39 is 11.8 Å². The highest BCUT2D eigenvalue weighted by molar-refractivity contribution is 7.10. The van der Waals surface area contributed by atoms with Crippen LogP contribution in [0.1, 0.15) is 46.0 Å².